The van der Waals surface area contributed by atoms with Gasteiger partial charge in [0, 0.05) is 12.1 Å². The quantitative estimate of drug-likeness (QED) is 0.308. The molecule has 158 valence electrons. The Bertz CT molecular complexity index is 542. The Kier molecular flexibility index (Phi) is 13.7. The monoisotopic (exact) mass is 391 g/mol. The Morgan fingerprint density at radius 1 is 0.857 bits per heavy atom. The van der Waals surface area contributed by atoms with E-state index in [1.165, 1.54) is 51.4 Å². The summed E-state index contributed by atoms with van der Waals surface area (Å²) in [5.41, 5.74) is 0.541. The summed E-state index contributed by atoms with van der Waals surface area (Å²) in [7, 11) is 1.58. The Balaban J connectivity index is 1.95. The summed E-state index contributed by atoms with van der Waals surface area (Å²) >= 11 is 0. The zero-order valence-corrected chi connectivity index (χ0v) is 17.6. The molecule has 28 heavy (non-hydrogen) atoms. The molecular formula is C23H37NO4. The number of esters is 1. The van der Waals surface area contributed by atoms with Crippen LogP contribution in [0.4, 0.5) is 0 Å². The Labute approximate surface area is 170 Å². The van der Waals surface area contributed by atoms with E-state index in [4.69, 9.17) is 9.47 Å². The van der Waals surface area contributed by atoms with Gasteiger partial charge in [0.05, 0.1) is 20.1 Å². The van der Waals surface area contributed by atoms with Gasteiger partial charge in [-0.25, -0.2) is 0 Å². The van der Waals surface area contributed by atoms with Crippen molar-refractivity contribution in [2.75, 3.05) is 20.3 Å². The molecule has 0 bridgehead atoms. The van der Waals surface area contributed by atoms with Gasteiger partial charge in [-0.05, 0) is 30.7 Å². The van der Waals surface area contributed by atoms with Crippen LogP contribution < -0.4 is 10.1 Å². The van der Waals surface area contributed by atoms with Crippen molar-refractivity contribution < 1.29 is 19.1 Å². The Hall–Kier alpha value is -2.04. The molecule has 0 saturated carbocycles. The summed E-state index contributed by atoms with van der Waals surface area (Å²) in [6.45, 7) is 2.99. The van der Waals surface area contributed by atoms with Crippen LogP contribution in [0.2, 0.25) is 0 Å². The lowest BCUT2D eigenvalue weighted by atomic mass is 10.1. The third-order valence-electron chi connectivity index (χ3n) is 4.73. The van der Waals surface area contributed by atoms with Gasteiger partial charge in [-0.1, -0.05) is 64.7 Å². The molecule has 0 aliphatic carbocycles. The van der Waals surface area contributed by atoms with Gasteiger partial charge in [0.2, 0.25) is 0 Å². The number of benzene rings is 1. The number of methoxy groups -OCH3 is 1. The fourth-order valence-corrected chi connectivity index (χ4v) is 2.97. The number of ether oxygens (including phenoxy) is 2. The molecule has 0 heterocycles. The third kappa shape index (κ3) is 11.6. The SMILES string of the molecule is CCCCCCCCCCCCOC(=O)CCNC(=O)c1ccc(OC)cc1. The minimum atomic E-state index is -0.258. The predicted molar refractivity (Wildman–Crippen MR) is 113 cm³/mol. The van der Waals surface area contributed by atoms with Gasteiger partial charge >= 0.3 is 5.97 Å². The second-order valence-corrected chi connectivity index (χ2v) is 7.14. The zero-order chi connectivity index (χ0) is 20.5. The smallest absolute Gasteiger partial charge is 0.307 e. The summed E-state index contributed by atoms with van der Waals surface area (Å²) < 4.78 is 10.3. The molecule has 0 aliphatic heterocycles. The molecule has 0 spiro atoms. The number of carbonyl (C=O) groups excluding carboxylic acids is 2. The summed E-state index contributed by atoms with van der Waals surface area (Å²) in [5.74, 6) is 0.239. The Morgan fingerprint density at radius 2 is 1.43 bits per heavy atom. The number of rotatable bonds is 16. The predicted octanol–water partition coefficient (Wildman–Crippen LogP) is 5.28. The fraction of sp³-hybridized carbons (Fsp3) is 0.652. The normalized spacial score (nSPS) is 10.5. The van der Waals surface area contributed by atoms with Crippen LogP contribution in [0.15, 0.2) is 24.3 Å². The molecule has 5 nitrogen and oxygen atoms in total. The van der Waals surface area contributed by atoms with E-state index in [-0.39, 0.29) is 24.8 Å². The minimum Gasteiger partial charge on any atom is -0.497 e. The van der Waals surface area contributed by atoms with Gasteiger partial charge in [0.25, 0.3) is 5.91 Å². The molecule has 1 rings (SSSR count). The highest BCUT2D eigenvalue weighted by Crippen LogP contribution is 2.11. The highest BCUT2D eigenvalue weighted by molar-refractivity contribution is 5.94. The van der Waals surface area contributed by atoms with Crippen molar-refractivity contribution >= 4 is 11.9 Å². The van der Waals surface area contributed by atoms with Gasteiger partial charge in [0.15, 0.2) is 0 Å². The first-order valence-corrected chi connectivity index (χ1v) is 10.7. The van der Waals surface area contributed by atoms with Crippen molar-refractivity contribution in [1.82, 2.24) is 5.32 Å². The molecule has 1 aromatic carbocycles. The van der Waals surface area contributed by atoms with Gasteiger partial charge in [-0.3, -0.25) is 9.59 Å². The summed E-state index contributed by atoms with van der Waals surface area (Å²) in [6, 6.07) is 6.85. The van der Waals surface area contributed by atoms with Crippen LogP contribution in [0, 0.1) is 0 Å². The Morgan fingerprint density at radius 3 is 2.00 bits per heavy atom. The summed E-state index contributed by atoms with van der Waals surface area (Å²) in [5, 5.41) is 2.73. The van der Waals surface area contributed by atoms with E-state index in [9.17, 15) is 9.59 Å². The first-order valence-electron chi connectivity index (χ1n) is 10.7. The number of hydrogen-bond acceptors (Lipinski definition) is 4. The van der Waals surface area contributed by atoms with E-state index in [1.54, 1.807) is 31.4 Å². The first-order chi connectivity index (χ1) is 13.7. The van der Waals surface area contributed by atoms with Crippen molar-refractivity contribution in [3.63, 3.8) is 0 Å². The van der Waals surface area contributed by atoms with E-state index in [0.29, 0.717) is 17.9 Å². The van der Waals surface area contributed by atoms with Gasteiger partial charge < -0.3 is 14.8 Å². The molecule has 0 fully saturated rings. The second-order valence-electron chi connectivity index (χ2n) is 7.14. The van der Waals surface area contributed by atoms with E-state index < -0.39 is 0 Å². The topological polar surface area (TPSA) is 64.6 Å². The average Bonchev–Trinajstić information content (AvgIpc) is 2.72. The van der Waals surface area contributed by atoms with Crippen LogP contribution in [-0.4, -0.2) is 32.1 Å². The fourth-order valence-electron chi connectivity index (χ4n) is 2.97. The van der Waals surface area contributed by atoms with Gasteiger partial charge in [-0.2, -0.15) is 0 Å². The highest BCUT2D eigenvalue weighted by atomic mass is 16.5. The molecule has 0 aromatic heterocycles. The van der Waals surface area contributed by atoms with Crippen LogP contribution in [-0.2, 0) is 9.53 Å². The van der Waals surface area contributed by atoms with E-state index >= 15 is 0 Å². The lowest BCUT2D eigenvalue weighted by Crippen LogP contribution is -2.26. The lowest BCUT2D eigenvalue weighted by molar-refractivity contribution is -0.143. The van der Waals surface area contributed by atoms with Gasteiger partial charge in [-0.15, -0.1) is 0 Å². The molecule has 1 N–H and O–H groups in total. The van der Waals surface area contributed by atoms with Crippen molar-refractivity contribution in [1.29, 1.82) is 0 Å². The number of unbranched alkanes of at least 4 members (excludes halogenated alkanes) is 9. The third-order valence-corrected chi connectivity index (χ3v) is 4.73. The molecule has 5 heteroatoms. The maximum absolute atomic E-state index is 12.0. The molecule has 1 amide bonds. The lowest BCUT2D eigenvalue weighted by Gasteiger charge is -2.07. The second kappa shape index (κ2) is 16.0. The molecule has 1 aromatic rings. The first kappa shape index (κ1) is 24.0. The molecule has 0 unspecified atom stereocenters. The minimum absolute atomic E-state index is 0.194. The summed E-state index contributed by atoms with van der Waals surface area (Å²) in [6.07, 6.45) is 12.8. The summed E-state index contributed by atoms with van der Waals surface area (Å²) in [4.78, 5) is 23.7. The van der Waals surface area contributed by atoms with Crippen LogP contribution in [0.5, 0.6) is 5.75 Å². The van der Waals surface area contributed by atoms with Crippen LogP contribution in [0.3, 0.4) is 0 Å². The van der Waals surface area contributed by atoms with Crippen molar-refractivity contribution in [2.45, 2.75) is 77.6 Å². The van der Waals surface area contributed by atoms with Gasteiger partial charge in [0.1, 0.15) is 5.75 Å². The van der Waals surface area contributed by atoms with E-state index in [0.717, 1.165) is 12.8 Å². The molecule has 0 radical (unpaired) electrons. The molecule has 0 saturated heterocycles. The maximum Gasteiger partial charge on any atom is 0.307 e. The van der Waals surface area contributed by atoms with Crippen molar-refractivity contribution in [3.8, 4) is 5.75 Å². The standard InChI is InChI=1S/C23H37NO4/c1-3-4-5-6-7-8-9-10-11-12-19-28-22(25)17-18-24-23(26)20-13-15-21(27-2)16-14-20/h13-16H,3-12,17-19H2,1-2H3,(H,24,26). The van der Waals surface area contributed by atoms with Crippen LogP contribution in [0.1, 0.15) is 87.9 Å². The van der Waals surface area contributed by atoms with Crippen LogP contribution >= 0.6 is 0 Å². The maximum atomic E-state index is 12.0. The number of amides is 1. The zero-order valence-electron chi connectivity index (χ0n) is 17.6. The number of nitrogens with one attached hydrogen (secondary N) is 1. The largest absolute Gasteiger partial charge is 0.497 e. The van der Waals surface area contributed by atoms with Crippen LogP contribution in [0.25, 0.3) is 0 Å². The number of carbonyl (C=O) groups is 2. The number of hydrogen-bond donors (Lipinski definition) is 1. The van der Waals surface area contributed by atoms with Crippen molar-refractivity contribution in [3.05, 3.63) is 29.8 Å². The molecule has 0 atom stereocenters. The van der Waals surface area contributed by atoms with Crippen molar-refractivity contribution in [2.24, 2.45) is 0 Å². The highest BCUT2D eigenvalue weighted by Gasteiger charge is 2.07. The van der Waals surface area contributed by atoms with E-state index in [1.807, 2.05) is 0 Å². The average molecular weight is 392 g/mol. The molecular weight excluding hydrogens is 354 g/mol. The van der Waals surface area contributed by atoms with E-state index in [2.05, 4.69) is 12.2 Å². The molecule has 0 aliphatic rings.